The van der Waals surface area contributed by atoms with Crippen molar-refractivity contribution in [3.8, 4) is 0 Å². The zero-order chi connectivity index (χ0) is 14.9. The average Bonchev–Trinajstić information content (AvgIpc) is 2.85. The minimum atomic E-state index is -0.609. The van der Waals surface area contributed by atoms with E-state index in [2.05, 4.69) is 4.98 Å². The van der Waals surface area contributed by atoms with Crippen LogP contribution in [0.1, 0.15) is 29.0 Å². The first-order valence-electron chi connectivity index (χ1n) is 6.06. The van der Waals surface area contributed by atoms with Crippen molar-refractivity contribution in [3.05, 3.63) is 53.4 Å². The zero-order valence-electron chi connectivity index (χ0n) is 11.2. The van der Waals surface area contributed by atoms with Crippen molar-refractivity contribution in [3.63, 3.8) is 0 Å². The highest BCUT2D eigenvalue weighted by atomic mass is 19.1. The Kier molecular flexibility index (Phi) is 3.74. The summed E-state index contributed by atoms with van der Waals surface area (Å²) >= 11 is 0. The van der Waals surface area contributed by atoms with Crippen LogP contribution in [0.15, 0.2) is 30.5 Å². The van der Waals surface area contributed by atoms with Crippen LogP contribution in [0.25, 0.3) is 0 Å². The second-order valence-electron chi connectivity index (χ2n) is 4.60. The minimum Gasteiger partial charge on any atom is -0.397 e. The van der Waals surface area contributed by atoms with Crippen molar-refractivity contribution < 1.29 is 13.6 Å². The molecule has 1 atom stereocenters. The van der Waals surface area contributed by atoms with Crippen molar-refractivity contribution in [2.24, 2.45) is 0 Å². The van der Waals surface area contributed by atoms with Crippen LogP contribution in [0.4, 0.5) is 14.5 Å². The van der Waals surface area contributed by atoms with Crippen LogP contribution in [0.3, 0.4) is 0 Å². The lowest BCUT2D eigenvalue weighted by atomic mass is 10.1. The number of carbonyl (C=O) groups is 1. The molecule has 20 heavy (non-hydrogen) atoms. The SMILES string of the molecule is CC(c1cc(F)ccc1F)N(C)C(=O)c1cc(N)c[nH]1. The Morgan fingerprint density at radius 3 is 2.65 bits per heavy atom. The van der Waals surface area contributed by atoms with Crippen molar-refractivity contribution in [1.82, 2.24) is 9.88 Å². The van der Waals surface area contributed by atoms with Gasteiger partial charge in [0, 0.05) is 24.5 Å². The quantitative estimate of drug-likeness (QED) is 0.907. The maximum absolute atomic E-state index is 13.7. The van der Waals surface area contributed by atoms with Crippen molar-refractivity contribution >= 4 is 11.6 Å². The number of nitrogen functional groups attached to an aromatic ring is 1. The van der Waals surface area contributed by atoms with Gasteiger partial charge >= 0.3 is 0 Å². The predicted octanol–water partition coefficient (Wildman–Crippen LogP) is 2.71. The molecule has 1 amide bonds. The molecule has 2 rings (SSSR count). The van der Waals surface area contributed by atoms with Crippen LogP contribution in [0, 0.1) is 11.6 Å². The molecular formula is C14H15F2N3O. The number of nitrogens with two attached hydrogens (primary N) is 1. The third-order valence-electron chi connectivity index (χ3n) is 3.25. The Hall–Kier alpha value is -2.37. The van der Waals surface area contributed by atoms with Gasteiger partial charge in [0.05, 0.1) is 6.04 Å². The van der Waals surface area contributed by atoms with E-state index in [1.165, 1.54) is 24.2 Å². The lowest BCUT2D eigenvalue weighted by Crippen LogP contribution is -2.30. The Balaban J connectivity index is 2.26. The van der Waals surface area contributed by atoms with E-state index in [1.807, 2.05) is 0 Å². The molecule has 1 heterocycles. The highest BCUT2D eigenvalue weighted by Gasteiger charge is 2.22. The molecule has 0 aliphatic carbocycles. The largest absolute Gasteiger partial charge is 0.397 e. The van der Waals surface area contributed by atoms with Gasteiger partial charge in [-0.05, 0) is 31.2 Å². The van der Waals surface area contributed by atoms with E-state index in [9.17, 15) is 13.6 Å². The Labute approximate surface area is 115 Å². The number of carbonyl (C=O) groups excluding carboxylic acids is 1. The lowest BCUT2D eigenvalue weighted by Gasteiger charge is -2.25. The number of aromatic amines is 1. The molecule has 4 nitrogen and oxygen atoms in total. The smallest absolute Gasteiger partial charge is 0.270 e. The molecule has 1 unspecified atom stereocenters. The van der Waals surface area contributed by atoms with Gasteiger partial charge in [-0.3, -0.25) is 4.79 Å². The van der Waals surface area contributed by atoms with Crippen LogP contribution in [0.5, 0.6) is 0 Å². The lowest BCUT2D eigenvalue weighted by molar-refractivity contribution is 0.0735. The van der Waals surface area contributed by atoms with E-state index in [1.54, 1.807) is 6.92 Å². The number of anilines is 1. The molecule has 1 aromatic carbocycles. The molecular weight excluding hydrogens is 264 g/mol. The highest BCUT2D eigenvalue weighted by Crippen LogP contribution is 2.24. The number of aromatic nitrogens is 1. The van der Waals surface area contributed by atoms with Crippen molar-refractivity contribution in [2.75, 3.05) is 12.8 Å². The van der Waals surface area contributed by atoms with E-state index in [0.29, 0.717) is 11.4 Å². The Morgan fingerprint density at radius 1 is 1.35 bits per heavy atom. The number of hydrogen-bond donors (Lipinski definition) is 2. The first kappa shape index (κ1) is 14.0. The summed E-state index contributed by atoms with van der Waals surface area (Å²) in [5.41, 5.74) is 6.40. The molecule has 0 aliphatic heterocycles. The van der Waals surface area contributed by atoms with Crippen LogP contribution in [-0.4, -0.2) is 22.8 Å². The van der Waals surface area contributed by atoms with E-state index < -0.39 is 17.7 Å². The van der Waals surface area contributed by atoms with Gasteiger partial charge < -0.3 is 15.6 Å². The summed E-state index contributed by atoms with van der Waals surface area (Å²) in [6.07, 6.45) is 1.49. The highest BCUT2D eigenvalue weighted by molar-refractivity contribution is 5.93. The topological polar surface area (TPSA) is 62.1 Å². The zero-order valence-corrected chi connectivity index (χ0v) is 11.2. The molecule has 1 aromatic heterocycles. The first-order valence-corrected chi connectivity index (χ1v) is 6.06. The molecule has 0 fully saturated rings. The van der Waals surface area contributed by atoms with Gasteiger partial charge in [0.25, 0.3) is 5.91 Å². The number of amides is 1. The second-order valence-corrected chi connectivity index (χ2v) is 4.60. The number of nitrogens with zero attached hydrogens (tertiary/aromatic N) is 1. The van der Waals surface area contributed by atoms with Gasteiger partial charge in [0.2, 0.25) is 0 Å². The summed E-state index contributed by atoms with van der Waals surface area (Å²) in [5, 5.41) is 0. The summed E-state index contributed by atoms with van der Waals surface area (Å²) < 4.78 is 26.9. The standard InChI is InChI=1S/C14H15F2N3O/c1-8(11-5-9(15)3-4-12(11)16)19(2)14(20)13-6-10(17)7-18-13/h3-8,18H,17H2,1-2H3. The normalized spacial score (nSPS) is 12.2. The van der Waals surface area contributed by atoms with Crippen LogP contribution < -0.4 is 5.73 Å². The van der Waals surface area contributed by atoms with E-state index in [4.69, 9.17) is 5.73 Å². The molecule has 0 saturated heterocycles. The van der Waals surface area contributed by atoms with Gasteiger partial charge in [0.15, 0.2) is 0 Å². The van der Waals surface area contributed by atoms with Crippen LogP contribution in [0.2, 0.25) is 0 Å². The van der Waals surface area contributed by atoms with E-state index in [-0.39, 0.29) is 11.5 Å². The fourth-order valence-corrected chi connectivity index (χ4v) is 1.94. The van der Waals surface area contributed by atoms with Crippen molar-refractivity contribution in [1.29, 1.82) is 0 Å². The van der Waals surface area contributed by atoms with Gasteiger partial charge in [-0.2, -0.15) is 0 Å². The predicted molar refractivity (Wildman–Crippen MR) is 72.1 cm³/mol. The third-order valence-corrected chi connectivity index (χ3v) is 3.25. The number of halogens is 2. The monoisotopic (exact) mass is 279 g/mol. The van der Waals surface area contributed by atoms with Crippen molar-refractivity contribution in [2.45, 2.75) is 13.0 Å². The summed E-state index contributed by atoms with van der Waals surface area (Å²) in [6, 6.07) is 4.06. The van der Waals surface area contributed by atoms with E-state index in [0.717, 1.165) is 18.2 Å². The molecule has 2 aromatic rings. The summed E-state index contributed by atoms with van der Waals surface area (Å²) in [7, 11) is 1.52. The molecule has 0 aliphatic rings. The van der Waals surface area contributed by atoms with E-state index >= 15 is 0 Å². The molecule has 0 saturated carbocycles. The summed E-state index contributed by atoms with van der Waals surface area (Å²) in [4.78, 5) is 16.2. The molecule has 0 bridgehead atoms. The summed E-state index contributed by atoms with van der Waals surface area (Å²) in [6.45, 7) is 1.63. The average molecular weight is 279 g/mol. The molecule has 6 heteroatoms. The number of H-pyrrole nitrogens is 1. The maximum Gasteiger partial charge on any atom is 0.270 e. The fourth-order valence-electron chi connectivity index (χ4n) is 1.94. The minimum absolute atomic E-state index is 0.125. The third kappa shape index (κ3) is 2.64. The Morgan fingerprint density at radius 2 is 2.05 bits per heavy atom. The number of nitrogens with one attached hydrogen (secondary N) is 1. The summed E-state index contributed by atoms with van der Waals surface area (Å²) in [5.74, 6) is -1.44. The Bertz CT molecular complexity index is 639. The second kappa shape index (κ2) is 5.32. The van der Waals surface area contributed by atoms with Gasteiger partial charge in [-0.1, -0.05) is 0 Å². The number of benzene rings is 1. The maximum atomic E-state index is 13.7. The molecule has 106 valence electrons. The number of hydrogen-bond acceptors (Lipinski definition) is 2. The van der Waals surface area contributed by atoms with Gasteiger partial charge in [0.1, 0.15) is 17.3 Å². The first-order chi connectivity index (χ1) is 9.40. The number of rotatable bonds is 3. The van der Waals surface area contributed by atoms with Crippen LogP contribution >= 0.6 is 0 Å². The molecule has 0 radical (unpaired) electrons. The van der Waals surface area contributed by atoms with Gasteiger partial charge in [-0.15, -0.1) is 0 Å². The molecule has 3 N–H and O–H groups in total. The van der Waals surface area contributed by atoms with Gasteiger partial charge in [-0.25, -0.2) is 8.78 Å². The van der Waals surface area contributed by atoms with Crippen LogP contribution in [-0.2, 0) is 0 Å². The molecule has 0 spiro atoms. The fraction of sp³-hybridized carbons (Fsp3) is 0.214.